The van der Waals surface area contributed by atoms with Crippen molar-refractivity contribution >= 4 is 33.4 Å². The Kier molecular flexibility index (Phi) is 5.34. The van der Waals surface area contributed by atoms with Gasteiger partial charge in [-0.05, 0) is 43.3 Å². The summed E-state index contributed by atoms with van der Waals surface area (Å²) in [6.07, 6.45) is 0.0277. The van der Waals surface area contributed by atoms with Crippen LogP contribution in [0.25, 0.3) is 5.69 Å². The number of aromatic nitrogens is 2. The Labute approximate surface area is 182 Å². The Morgan fingerprint density at radius 2 is 1.77 bits per heavy atom. The van der Waals surface area contributed by atoms with Gasteiger partial charge in [0.2, 0.25) is 5.91 Å². The van der Waals surface area contributed by atoms with Gasteiger partial charge in [-0.2, -0.15) is 5.10 Å². The maximum atomic E-state index is 13.6. The molecule has 3 aromatic rings. The number of ether oxygens (including phenoxy) is 2. The second-order valence-corrected chi connectivity index (χ2v) is 7.86. The molecule has 2 aromatic carbocycles. The van der Waals surface area contributed by atoms with Crippen molar-refractivity contribution in [1.29, 1.82) is 0 Å². The number of hydrogen-bond donors (Lipinski definition) is 1. The summed E-state index contributed by atoms with van der Waals surface area (Å²) in [5, 5.41) is 7.50. The molecule has 0 radical (unpaired) electrons. The summed E-state index contributed by atoms with van der Waals surface area (Å²) in [6.45, 7) is 1.84. The summed E-state index contributed by atoms with van der Waals surface area (Å²) >= 11 is 3.42. The zero-order chi connectivity index (χ0) is 21.4. The summed E-state index contributed by atoms with van der Waals surface area (Å²) in [7, 11) is 3.00. The van der Waals surface area contributed by atoms with E-state index in [0.29, 0.717) is 34.1 Å². The molecule has 4 rings (SSSR count). The number of aryl methyl sites for hydroxylation is 1. The number of rotatable bonds is 5. The van der Waals surface area contributed by atoms with Crippen molar-refractivity contribution in [3.05, 3.63) is 63.8 Å². The predicted molar refractivity (Wildman–Crippen MR) is 116 cm³/mol. The third kappa shape index (κ3) is 3.37. The number of benzene rings is 2. The van der Waals surface area contributed by atoms with Gasteiger partial charge in [-0.25, -0.2) is 4.68 Å². The van der Waals surface area contributed by atoms with E-state index >= 15 is 0 Å². The molecule has 8 heteroatoms. The lowest BCUT2D eigenvalue weighted by Gasteiger charge is -2.24. The molecule has 0 spiro atoms. The molecule has 0 saturated carbocycles. The fourth-order valence-electron chi connectivity index (χ4n) is 3.81. The first-order valence-electron chi connectivity index (χ1n) is 9.35. The molecular formula is C22H20BrN3O4. The Bertz CT molecular complexity index is 1120. The number of carbonyl (C=O) groups excluding carboxylic acids is 2. The molecule has 0 fully saturated rings. The van der Waals surface area contributed by atoms with E-state index in [4.69, 9.17) is 9.47 Å². The van der Waals surface area contributed by atoms with Crippen molar-refractivity contribution < 1.29 is 19.1 Å². The second kappa shape index (κ2) is 7.95. The highest BCUT2D eigenvalue weighted by Gasteiger charge is 2.38. The molecule has 1 N–H and O–H groups in total. The summed E-state index contributed by atoms with van der Waals surface area (Å²) in [6, 6.07) is 12.7. The highest BCUT2D eigenvalue weighted by Crippen LogP contribution is 2.41. The third-order valence-corrected chi connectivity index (χ3v) is 5.69. The van der Waals surface area contributed by atoms with Gasteiger partial charge < -0.3 is 14.8 Å². The fourth-order valence-corrected chi connectivity index (χ4v) is 4.07. The van der Waals surface area contributed by atoms with Crippen molar-refractivity contribution in [3.8, 4) is 17.2 Å². The van der Waals surface area contributed by atoms with Crippen LogP contribution < -0.4 is 14.8 Å². The van der Waals surface area contributed by atoms with Crippen LogP contribution in [-0.4, -0.2) is 35.7 Å². The van der Waals surface area contributed by atoms with E-state index in [1.807, 2.05) is 31.2 Å². The number of nitrogens with zero attached hydrogens (tertiary/aromatic N) is 2. The van der Waals surface area contributed by atoms with Gasteiger partial charge in [0.1, 0.15) is 22.9 Å². The van der Waals surface area contributed by atoms with E-state index in [1.165, 1.54) is 14.2 Å². The fraction of sp³-hybridized carbons (Fsp3) is 0.227. The van der Waals surface area contributed by atoms with Crippen LogP contribution >= 0.6 is 15.9 Å². The van der Waals surface area contributed by atoms with Gasteiger partial charge in [0.25, 0.3) is 0 Å². The minimum Gasteiger partial charge on any atom is -0.496 e. The van der Waals surface area contributed by atoms with Gasteiger partial charge >= 0.3 is 0 Å². The molecular weight excluding hydrogens is 450 g/mol. The van der Waals surface area contributed by atoms with Crippen LogP contribution in [0.15, 0.2) is 46.9 Å². The average Bonchev–Trinajstić information content (AvgIpc) is 3.08. The number of ketones is 1. The number of fused-ring (bicyclic) bond motifs is 1. The van der Waals surface area contributed by atoms with Crippen LogP contribution in [0.4, 0.5) is 5.82 Å². The lowest BCUT2D eigenvalue weighted by Crippen LogP contribution is -2.29. The Balaban J connectivity index is 1.85. The molecule has 0 aliphatic carbocycles. The van der Waals surface area contributed by atoms with E-state index in [0.717, 1.165) is 10.2 Å². The van der Waals surface area contributed by atoms with Crippen LogP contribution in [0.2, 0.25) is 0 Å². The van der Waals surface area contributed by atoms with Crippen LogP contribution in [0, 0.1) is 6.92 Å². The highest BCUT2D eigenvalue weighted by atomic mass is 79.9. The number of hydrogen-bond acceptors (Lipinski definition) is 5. The molecule has 7 nitrogen and oxygen atoms in total. The molecule has 0 unspecified atom stereocenters. The predicted octanol–water partition coefficient (Wildman–Crippen LogP) is 4.27. The van der Waals surface area contributed by atoms with Crippen molar-refractivity contribution in [2.45, 2.75) is 19.3 Å². The molecule has 0 bridgehead atoms. The number of halogens is 1. The first-order valence-corrected chi connectivity index (χ1v) is 10.1. The monoisotopic (exact) mass is 469 g/mol. The molecule has 1 atom stereocenters. The first kappa shape index (κ1) is 20.2. The minimum atomic E-state index is -0.692. The van der Waals surface area contributed by atoms with E-state index in [-0.39, 0.29) is 18.1 Å². The number of Topliss-reactive ketones (excluding diaryl/α,β-unsaturated/α-hetero) is 1. The lowest BCUT2D eigenvalue weighted by molar-refractivity contribution is -0.116. The topological polar surface area (TPSA) is 82.4 Å². The number of methoxy groups -OCH3 is 2. The quantitative estimate of drug-likeness (QED) is 0.564. The minimum absolute atomic E-state index is 0.0277. The molecule has 1 aliphatic rings. The van der Waals surface area contributed by atoms with Crippen LogP contribution in [0.1, 0.15) is 34.0 Å². The Morgan fingerprint density at radius 1 is 1.13 bits per heavy atom. The molecule has 30 heavy (non-hydrogen) atoms. The summed E-state index contributed by atoms with van der Waals surface area (Å²) < 4.78 is 13.4. The Morgan fingerprint density at radius 3 is 2.37 bits per heavy atom. The number of anilines is 1. The van der Waals surface area contributed by atoms with Gasteiger partial charge in [0.15, 0.2) is 5.78 Å². The zero-order valence-electron chi connectivity index (χ0n) is 16.7. The van der Waals surface area contributed by atoms with Gasteiger partial charge in [-0.15, -0.1) is 0 Å². The number of amides is 1. The van der Waals surface area contributed by atoms with Crippen molar-refractivity contribution in [1.82, 2.24) is 9.78 Å². The maximum absolute atomic E-state index is 13.6. The van der Waals surface area contributed by atoms with Crippen molar-refractivity contribution in [2.24, 2.45) is 0 Å². The third-order valence-electron chi connectivity index (χ3n) is 5.16. The van der Waals surface area contributed by atoms with Crippen molar-refractivity contribution in [2.75, 3.05) is 19.5 Å². The van der Waals surface area contributed by atoms with Crippen LogP contribution in [0.5, 0.6) is 11.5 Å². The van der Waals surface area contributed by atoms with E-state index in [1.54, 1.807) is 22.9 Å². The van der Waals surface area contributed by atoms with E-state index < -0.39 is 5.92 Å². The largest absolute Gasteiger partial charge is 0.496 e. The van der Waals surface area contributed by atoms with Gasteiger partial charge in [0, 0.05) is 16.5 Å². The SMILES string of the molecule is COc1cccc(OC)c1C(=O)[C@@H]1CC(=O)Nc2c1c(C)nn2-c1ccc(Br)cc1. The maximum Gasteiger partial charge on any atom is 0.226 e. The standard InChI is InChI=1S/C22H20BrN3O4/c1-12-19-15(21(28)20-16(29-2)5-4-6-17(20)30-3)11-18(27)24-22(19)26(25-12)14-9-7-13(23)8-10-14/h4-10,15H,11H2,1-3H3,(H,24,27)/t15-/m1/s1. The molecule has 154 valence electrons. The average molecular weight is 470 g/mol. The van der Waals surface area contributed by atoms with Gasteiger partial charge in [-0.1, -0.05) is 22.0 Å². The smallest absolute Gasteiger partial charge is 0.226 e. The molecule has 2 heterocycles. The zero-order valence-corrected chi connectivity index (χ0v) is 18.3. The lowest BCUT2D eigenvalue weighted by atomic mass is 9.85. The van der Waals surface area contributed by atoms with E-state index in [9.17, 15) is 9.59 Å². The highest BCUT2D eigenvalue weighted by molar-refractivity contribution is 9.10. The summed E-state index contributed by atoms with van der Waals surface area (Å²) in [4.78, 5) is 26.2. The van der Waals surface area contributed by atoms with Gasteiger partial charge in [0.05, 0.1) is 31.5 Å². The van der Waals surface area contributed by atoms with Gasteiger partial charge in [-0.3, -0.25) is 9.59 Å². The molecule has 1 amide bonds. The normalized spacial score (nSPS) is 15.3. The Hall–Kier alpha value is -3.13. The van der Waals surface area contributed by atoms with Crippen LogP contribution in [-0.2, 0) is 4.79 Å². The first-order chi connectivity index (χ1) is 14.4. The second-order valence-electron chi connectivity index (χ2n) is 6.94. The van der Waals surface area contributed by atoms with E-state index in [2.05, 4.69) is 26.3 Å². The number of carbonyl (C=O) groups is 2. The molecule has 1 aliphatic heterocycles. The summed E-state index contributed by atoms with van der Waals surface area (Å²) in [5.74, 6) is 0.156. The van der Waals surface area contributed by atoms with Crippen molar-refractivity contribution in [3.63, 3.8) is 0 Å². The van der Waals surface area contributed by atoms with Crippen LogP contribution in [0.3, 0.4) is 0 Å². The molecule has 0 saturated heterocycles. The number of nitrogens with one attached hydrogen (secondary N) is 1. The summed E-state index contributed by atoms with van der Waals surface area (Å²) in [5.41, 5.74) is 2.49. The molecule has 1 aromatic heterocycles.